The van der Waals surface area contributed by atoms with Crippen LogP contribution in [0.4, 0.5) is 5.69 Å². The first-order chi connectivity index (χ1) is 13.5. The van der Waals surface area contributed by atoms with Crippen molar-refractivity contribution in [1.82, 2.24) is 0 Å². The predicted octanol–water partition coefficient (Wildman–Crippen LogP) is 4.52. The largest absolute Gasteiger partial charge is 0.347 e. The number of allylic oxidation sites excluding steroid dienone is 2. The van der Waals surface area contributed by atoms with Crippen molar-refractivity contribution in [2.45, 2.75) is 25.8 Å². The quantitative estimate of drug-likeness (QED) is 0.499. The Morgan fingerprint density at radius 1 is 0.964 bits per heavy atom. The Hall–Kier alpha value is -3.20. The van der Waals surface area contributed by atoms with Gasteiger partial charge >= 0.3 is 0 Å². The highest BCUT2D eigenvalue weighted by atomic mass is 16.1. The van der Waals surface area contributed by atoms with Crippen LogP contribution in [0.3, 0.4) is 0 Å². The fourth-order valence-electron chi connectivity index (χ4n) is 4.06. The fraction of sp³-hybridized carbons (Fsp3) is 0.200. The normalized spacial score (nSPS) is 16.2. The third-order valence-electron chi connectivity index (χ3n) is 5.54. The van der Waals surface area contributed by atoms with E-state index < -0.39 is 0 Å². The molecule has 0 unspecified atom stereocenters. The summed E-state index contributed by atoms with van der Waals surface area (Å²) in [7, 11) is 2.04. The molecule has 0 radical (unpaired) electrons. The summed E-state index contributed by atoms with van der Waals surface area (Å²) in [6.45, 7) is 4.68. The standard InChI is InChI=1S/C25H25N2O/c1-25(2)22-13-7-8-14-23(22)26(3)24(25)16-21(28)18-27-15-9-12-20(17-27)19-10-5-4-6-11-19/h4-17H,18H2,1-3H3/q+1/b24-16+. The lowest BCUT2D eigenvalue weighted by atomic mass is 9.83. The summed E-state index contributed by atoms with van der Waals surface area (Å²) in [6, 6.07) is 22.6. The maximum atomic E-state index is 12.9. The van der Waals surface area contributed by atoms with Gasteiger partial charge in [-0.2, -0.15) is 4.57 Å². The molecule has 1 aromatic heterocycles. The summed E-state index contributed by atoms with van der Waals surface area (Å²) in [6.07, 6.45) is 5.79. The fourth-order valence-corrected chi connectivity index (χ4v) is 4.06. The zero-order valence-electron chi connectivity index (χ0n) is 16.6. The third-order valence-corrected chi connectivity index (χ3v) is 5.54. The van der Waals surface area contributed by atoms with Crippen LogP contribution in [-0.4, -0.2) is 12.8 Å². The van der Waals surface area contributed by atoms with Gasteiger partial charge in [0.2, 0.25) is 12.3 Å². The molecule has 140 valence electrons. The number of anilines is 1. The van der Waals surface area contributed by atoms with Gasteiger partial charge in [0.15, 0.2) is 12.4 Å². The summed E-state index contributed by atoms with van der Waals surface area (Å²) in [4.78, 5) is 15.0. The molecule has 0 fully saturated rings. The van der Waals surface area contributed by atoms with Crippen molar-refractivity contribution >= 4 is 11.5 Å². The topological polar surface area (TPSA) is 24.2 Å². The number of carbonyl (C=O) groups is 1. The molecule has 1 aliphatic rings. The molecular formula is C25H25N2O+. The molecule has 0 bridgehead atoms. The summed E-state index contributed by atoms with van der Waals surface area (Å²) in [5, 5.41) is 0. The van der Waals surface area contributed by atoms with Crippen LogP contribution in [0, 0.1) is 0 Å². The van der Waals surface area contributed by atoms with Gasteiger partial charge in [-0.15, -0.1) is 0 Å². The van der Waals surface area contributed by atoms with Crippen LogP contribution >= 0.6 is 0 Å². The highest BCUT2D eigenvalue weighted by molar-refractivity contribution is 5.91. The molecule has 0 saturated heterocycles. The summed E-state index contributed by atoms with van der Waals surface area (Å²) >= 11 is 0. The van der Waals surface area contributed by atoms with Gasteiger partial charge in [0, 0.05) is 41.6 Å². The molecule has 0 N–H and O–H groups in total. The number of hydrogen-bond donors (Lipinski definition) is 0. The Kier molecular flexibility index (Phi) is 4.60. The number of aromatic nitrogens is 1. The number of likely N-dealkylation sites (N-methyl/N-ethyl adjacent to an activating group) is 1. The van der Waals surface area contributed by atoms with Gasteiger partial charge in [-0.1, -0.05) is 62.4 Å². The molecule has 3 aromatic rings. The minimum absolute atomic E-state index is 0.0953. The Morgan fingerprint density at radius 2 is 1.64 bits per heavy atom. The minimum Gasteiger partial charge on any atom is -0.347 e. The van der Waals surface area contributed by atoms with Crippen molar-refractivity contribution < 1.29 is 9.36 Å². The molecule has 0 amide bonds. The minimum atomic E-state index is -0.183. The average Bonchev–Trinajstić information content (AvgIpc) is 2.90. The van der Waals surface area contributed by atoms with Crippen molar-refractivity contribution in [3.05, 3.63) is 96.5 Å². The highest BCUT2D eigenvalue weighted by Gasteiger charge is 2.38. The average molecular weight is 369 g/mol. The van der Waals surface area contributed by atoms with E-state index in [4.69, 9.17) is 0 Å². The number of rotatable bonds is 4. The molecule has 0 spiro atoms. The van der Waals surface area contributed by atoms with E-state index in [1.54, 1.807) is 0 Å². The highest BCUT2D eigenvalue weighted by Crippen LogP contribution is 2.46. The molecule has 3 heteroatoms. The predicted molar refractivity (Wildman–Crippen MR) is 113 cm³/mol. The second kappa shape index (κ2) is 7.08. The van der Waals surface area contributed by atoms with Crippen LogP contribution in [0.1, 0.15) is 19.4 Å². The molecule has 4 rings (SSSR count). The lowest BCUT2D eigenvalue weighted by molar-refractivity contribution is -0.683. The lowest BCUT2D eigenvalue weighted by Gasteiger charge is -2.23. The number of pyridine rings is 1. The molecule has 2 heterocycles. The maximum Gasteiger partial charge on any atom is 0.222 e. The van der Waals surface area contributed by atoms with Gasteiger partial charge in [0.1, 0.15) is 0 Å². The van der Waals surface area contributed by atoms with Crippen LogP contribution in [-0.2, 0) is 16.8 Å². The van der Waals surface area contributed by atoms with Crippen molar-refractivity contribution in [2.75, 3.05) is 11.9 Å². The van der Waals surface area contributed by atoms with E-state index >= 15 is 0 Å². The number of para-hydroxylation sites is 1. The summed E-state index contributed by atoms with van der Waals surface area (Å²) < 4.78 is 1.96. The molecule has 0 aliphatic carbocycles. The maximum absolute atomic E-state index is 12.9. The first kappa shape index (κ1) is 18.2. The molecule has 0 atom stereocenters. The van der Waals surface area contributed by atoms with E-state index in [0.29, 0.717) is 6.54 Å². The molecule has 0 saturated carbocycles. The van der Waals surface area contributed by atoms with Gasteiger partial charge in [-0.25, -0.2) is 0 Å². The number of hydrogen-bond acceptors (Lipinski definition) is 2. The summed E-state index contributed by atoms with van der Waals surface area (Å²) in [5.74, 6) is 0.0953. The zero-order valence-corrected chi connectivity index (χ0v) is 16.6. The molecule has 3 nitrogen and oxygen atoms in total. The van der Waals surface area contributed by atoms with E-state index in [1.807, 2.05) is 60.4 Å². The van der Waals surface area contributed by atoms with E-state index in [-0.39, 0.29) is 11.2 Å². The van der Waals surface area contributed by atoms with Crippen LogP contribution < -0.4 is 9.47 Å². The number of nitrogens with zero attached hydrogens (tertiary/aromatic N) is 2. The first-order valence-electron chi connectivity index (χ1n) is 9.59. The molecular weight excluding hydrogens is 344 g/mol. The van der Waals surface area contributed by atoms with Gasteiger partial charge in [-0.05, 0) is 23.3 Å². The van der Waals surface area contributed by atoms with E-state index in [1.165, 1.54) is 11.3 Å². The SMILES string of the molecule is CN1/C(=C/C(=O)C[n+]2cccc(-c3ccccc3)c2)C(C)(C)c2ccccc21. The lowest BCUT2D eigenvalue weighted by Crippen LogP contribution is -2.37. The van der Waals surface area contributed by atoms with E-state index in [9.17, 15) is 4.79 Å². The smallest absolute Gasteiger partial charge is 0.222 e. The van der Waals surface area contributed by atoms with Crippen LogP contribution in [0.25, 0.3) is 11.1 Å². The Bertz CT molecular complexity index is 1050. The number of fused-ring (bicyclic) bond motifs is 1. The summed E-state index contributed by atoms with van der Waals surface area (Å²) in [5.41, 5.74) is 5.54. The Balaban J connectivity index is 1.59. The molecule has 28 heavy (non-hydrogen) atoms. The van der Waals surface area contributed by atoms with Crippen LogP contribution in [0.15, 0.2) is 90.9 Å². The van der Waals surface area contributed by atoms with Gasteiger partial charge in [0.25, 0.3) is 0 Å². The first-order valence-corrected chi connectivity index (χ1v) is 9.59. The second-order valence-electron chi connectivity index (χ2n) is 7.83. The van der Waals surface area contributed by atoms with E-state index in [0.717, 1.165) is 16.8 Å². The van der Waals surface area contributed by atoms with Gasteiger partial charge < -0.3 is 4.90 Å². The third kappa shape index (κ3) is 3.24. The number of ketones is 1. The Labute approximate surface area is 166 Å². The van der Waals surface area contributed by atoms with E-state index in [2.05, 4.69) is 55.1 Å². The monoisotopic (exact) mass is 369 g/mol. The number of benzene rings is 2. The van der Waals surface area contributed by atoms with Crippen molar-refractivity contribution in [1.29, 1.82) is 0 Å². The van der Waals surface area contributed by atoms with Crippen molar-refractivity contribution in [3.63, 3.8) is 0 Å². The zero-order chi connectivity index (χ0) is 19.7. The number of carbonyl (C=O) groups excluding carboxylic acids is 1. The Morgan fingerprint density at radius 3 is 2.39 bits per heavy atom. The second-order valence-corrected chi connectivity index (χ2v) is 7.83. The molecule has 2 aromatic carbocycles. The van der Waals surface area contributed by atoms with Crippen LogP contribution in [0.2, 0.25) is 0 Å². The van der Waals surface area contributed by atoms with Crippen LogP contribution in [0.5, 0.6) is 0 Å². The van der Waals surface area contributed by atoms with Crippen molar-refractivity contribution in [3.8, 4) is 11.1 Å². The van der Waals surface area contributed by atoms with Crippen molar-refractivity contribution in [2.24, 2.45) is 0 Å². The van der Waals surface area contributed by atoms with Gasteiger partial charge in [0.05, 0.1) is 0 Å². The van der Waals surface area contributed by atoms with Gasteiger partial charge in [-0.3, -0.25) is 4.79 Å². The molecule has 1 aliphatic heterocycles.